The van der Waals surface area contributed by atoms with Crippen molar-refractivity contribution in [1.29, 1.82) is 0 Å². The smallest absolute Gasteiger partial charge is 0.416 e. The molecule has 0 bridgehead atoms. The van der Waals surface area contributed by atoms with Gasteiger partial charge in [0.1, 0.15) is 11.5 Å². The first-order valence-electron chi connectivity index (χ1n) is 13.3. The highest BCUT2D eigenvalue weighted by atomic mass is 19.4. The third-order valence-electron chi connectivity index (χ3n) is 8.52. The number of ether oxygens (including phenoxy) is 1. The Hall–Kier alpha value is -3.07. The Kier molecular flexibility index (Phi) is 7.40. The van der Waals surface area contributed by atoms with Crippen molar-refractivity contribution in [1.82, 2.24) is 10.2 Å². The molecule has 1 aliphatic heterocycles. The van der Waals surface area contributed by atoms with Crippen molar-refractivity contribution in [3.05, 3.63) is 59.7 Å². The molecular weight excluding hydrogens is 497 g/mol. The highest BCUT2D eigenvalue weighted by Gasteiger charge is 2.53. The number of amides is 2. The molecule has 0 aromatic heterocycles. The first-order valence-corrected chi connectivity index (χ1v) is 13.3. The molecule has 3 aliphatic rings. The Morgan fingerprint density at radius 3 is 2.13 bits per heavy atom. The zero-order valence-electron chi connectivity index (χ0n) is 21.2. The average molecular weight is 531 g/mol. The zero-order chi connectivity index (χ0) is 26.9. The number of carbonyl (C=O) groups is 2. The SMILES string of the molecule is O=C(NC1CCCC12CN(C(=O)c1ccc(Oc3ccc(C(F)(F)F)cc3)cc1)C2)C1CCC(CO)CC1. The van der Waals surface area contributed by atoms with Crippen LogP contribution in [0.1, 0.15) is 60.9 Å². The van der Waals surface area contributed by atoms with E-state index < -0.39 is 11.7 Å². The van der Waals surface area contributed by atoms with Crippen molar-refractivity contribution in [2.75, 3.05) is 19.7 Å². The van der Waals surface area contributed by atoms with E-state index in [0.29, 0.717) is 30.3 Å². The second-order valence-corrected chi connectivity index (χ2v) is 11.0. The van der Waals surface area contributed by atoms with Crippen LogP contribution >= 0.6 is 0 Å². The number of likely N-dealkylation sites (tertiary alicyclic amines) is 1. The van der Waals surface area contributed by atoms with Gasteiger partial charge in [-0.15, -0.1) is 0 Å². The number of rotatable bonds is 6. The summed E-state index contributed by atoms with van der Waals surface area (Å²) in [5, 5.41) is 12.6. The molecule has 1 heterocycles. The molecule has 1 spiro atoms. The van der Waals surface area contributed by atoms with Crippen LogP contribution in [0.2, 0.25) is 0 Å². The number of alkyl halides is 3. The van der Waals surface area contributed by atoms with E-state index in [1.165, 1.54) is 12.1 Å². The van der Waals surface area contributed by atoms with Gasteiger partial charge in [0.25, 0.3) is 5.91 Å². The van der Waals surface area contributed by atoms with E-state index in [1.807, 2.05) is 4.90 Å². The van der Waals surface area contributed by atoms with Crippen LogP contribution in [0.4, 0.5) is 13.2 Å². The summed E-state index contributed by atoms with van der Waals surface area (Å²) in [5.41, 5.74) is -0.301. The molecule has 1 atom stereocenters. The molecule has 9 heteroatoms. The summed E-state index contributed by atoms with van der Waals surface area (Å²) in [5.74, 6) is 1.05. The largest absolute Gasteiger partial charge is 0.457 e. The van der Waals surface area contributed by atoms with Gasteiger partial charge in [-0.25, -0.2) is 0 Å². The summed E-state index contributed by atoms with van der Waals surface area (Å²) >= 11 is 0. The summed E-state index contributed by atoms with van der Waals surface area (Å²) in [6.07, 6.45) is 1.96. The van der Waals surface area contributed by atoms with Crippen LogP contribution in [0.5, 0.6) is 11.5 Å². The van der Waals surface area contributed by atoms with Crippen molar-refractivity contribution >= 4 is 11.8 Å². The third-order valence-corrected chi connectivity index (χ3v) is 8.52. The number of benzene rings is 2. The fourth-order valence-corrected chi connectivity index (χ4v) is 6.19. The Morgan fingerprint density at radius 1 is 0.947 bits per heavy atom. The predicted octanol–water partition coefficient (Wildman–Crippen LogP) is 5.41. The van der Waals surface area contributed by atoms with Crippen LogP contribution in [-0.4, -0.2) is 47.6 Å². The van der Waals surface area contributed by atoms with E-state index in [0.717, 1.165) is 57.1 Å². The van der Waals surface area contributed by atoms with Crippen LogP contribution in [-0.2, 0) is 11.0 Å². The maximum atomic E-state index is 13.1. The van der Waals surface area contributed by atoms with Gasteiger partial charge >= 0.3 is 6.18 Å². The number of carbonyl (C=O) groups excluding carboxylic acids is 2. The normalized spacial score (nSPS) is 24.6. The molecule has 38 heavy (non-hydrogen) atoms. The number of halogens is 3. The number of nitrogens with one attached hydrogen (secondary N) is 1. The number of aliphatic hydroxyl groups is 1. The van der Waals surface area contributed by atoms with Crippen molar-refractivity contribution in [3.8, 4) is 11.5 Å². The van der Waals surface area contributed by atoms with E-state index in [9.17, 15) is 27.9 Å². The molecule has 2 aromatic rings. The van der Waals surface area contributed by atoms with Crippen LogP contribution in [0, 0.1) is 17.3 Å². The van der Waals surface area contributed by atoms with E-state index in [2.05, 4.69) is 5.32 Å². The zero-order valence-corrected chi connectivity index (χ0v) is 21.2. The number of nitrogens with zero attached hydrogens (tertiary/aromatic N) is 1. The van der Waals surface area contributed by atoms with Gasteiger partial charge in [0.05, 0.1) is 5.56 Å². The quantitative estimate of drug-likeness (QED) is 0.524. The summed E-state index contributed by atoms with van der Waals surface area (Å²) in [6.45, 7) is 1.41. The van der Waals surface area contributed by atoms with Crippen LogP contribution in [0.3, 0.4) is 0 Å². The Bertz CT molecular complexity index is 1140. The molecule has 2 aromatic carbocycles. The van der Waals surface area contributed by atoms with Crippen LogP contribution < -0.4 is 10.1 Å². The molecular formula is C29H33F3N2O4. The fourth-order valence-electron chi connectivity index (χ4n) is 6.19. The topological polar surface area (TPSA) is 78.9 Å². The van der Waals surface area contributed by atoms with Gasteiger partial charge in [0.2, 0.25) is 5.91 Å². The number of hydrogen-bond donors (Lipinski definition) is 2. The molecule has 2 aliphatic carbocycles. The molecule has 5 rings (SSSR count). The highest BCUT2D eigenvalue weighted by molar-refractivity contribution is 5.95. The van der Waals surface area contributed by atoms with Gasteiger partial charge < -0.3 is 20.1 Å². The first kappa shape index (κ1) is 26.5. The second kappa shape index (κ2) is 10.6. The lowest BCUT2D eigenvalue weighted by Gasteiger charge is -2.51. The Morgan fingerprint density at radius 2 is 1.55 bits per heavy atom. The molecule has 3 fully saturated rings. The van der Waals surface area contributed by atoms with E-state index in [1.54, 1.807) is 24.3 Å². The predicted molar refractivity (Wildman–Crippen MR) is 135 cm³/mol. The minimum atomic E-state index is -4.40. The van der Waals surface area contributed by atoms with Crippen molar-refractivity contribution < 1.29 is 32.6 Å². The minimum Gasteiger partial charge on any atom is -0.457 e. The van der Waals surface area contributed by atoms with Gasteiger partial charge in [-0.05, 0) is 93.0 Å². The lowest BCUT2D eigenvalue weighted by Crippen LogP contribution is -2.65. The molecule has 1 saturated heterocycles. The van der Waals surface area contributed by atoms with Crippen molar-refractivity contribution in [2.45, 2.75) is 57.2 Å². The second-order valence-electron chi connectivity index (χ2n) is 11.0. The third kappa shape index (κ3) is 5.53. The summed E-state index contributed by atoms with van der Waals surface area (Å²) in [6, 6.07) is 11.1. The summed E-state index contributed by atoms with van der Waals surface area (Å²) < 4.78 is 43.8. The molecule has 0 radical (unpaired) electrons. The number of hydrogen-bond acceptors (Lipinski definition) is 4. The summed E-state index contributed by atoms with van der Waals surface area (Å²) in [4.78, 5) is 27.8. The molecule has 2 amide bonds. The van der Waals surface area contributed by atoms with Gasteiger partial charge in [0.15, 0.2) is 0 Å². The van der Waals surface area contributed by atoms with Gasteiger partial charge in [-0.3, -0.25) is 9.59 Å². The molecule has 1 unspecified atom stereocenters. The lowest BCUT2D eigenvalue weighted by atomic mass is 9.74. The van der Waals surface area contributed by atoms with Crippen molar-refractivity contribution in [2.24, 2.45) is 17.3 Å². The standard InChI is InChI=1S/C29H33F3N2O4/c30-29(31,32)22-9-13-24(14-10-22)38-23-11-7-21(8-12-23)27(37)34-17-28(18-34)15-1-2-25(28)33-26(36)20-5-3-19(16-35)4-6-20/h7-14,19-20,25,35H,1-6,15-18H2,(H,33,36). The highest BCUT2D eigenvalue weighted by Crippen LogP contribution is 2.46. The monoisotopic (exact) mass is 530 g/mol. The lowest BCUT2D eigenvalue weighted by molar-refractivity contribution is -0.137. The molecule has 6 nitrogen and oxygen atoms in total. The van der Waals surface area contributed by atoms with E-state index in [4.69, 9.17) is 4.74 Å². The molecule has 204 valence electrons. The molecule has 2 saturated carbocycles. The van der Waals surface area contributed by atoms with E-state index >= 15 is 0 Å². The number of aliphatic hydroxyl groups excluding tert-OH is 1. The maximum Gasteiger partial charge on any atom is 0.416 e. The van der Waals surface area contributed by atoms with Crippen LogP contribution in [0.25, 0.3) is 0 Å². The van der Waals surface area contributed by atoms with Gasteiger partial charge in [-0.1, -0.05) is 6.42 Å². The maximum absolute atomic E-state index is 13.1. The van der Waals surface area contributed by atoms with Crippen molar-refractivity contribution in [3.63, 3.8) is 0 Å². The Labute approximate surface area is 220 Å². The average Bonchev–Trinajstić information content (AvgIpc) is 3.31. The van der Waals surface area contributed by atoms with E-state index in [-0.39, 0.29) is 41.5 Å². The minimum absolute atomic E-state index is 0.0107. The van der Waals surface area contributed by atoms with Gasteiger partial charge in [0, 0.05) is 42.6 Å². The Balaban J connectivity index is 1.13. The molecule has 2 N–H and O–H groups in total. The summed E-state index contributed by atoms with van der Waals surface area (Å²) in [7, 11) is 0. The van der Waals surface area contributed by atoms with Crippen LogP contribution in [0.15, 0.2) is 48.5 Å². The first-order chi connectivity index (χ1) is 18.2. The van der Waals surface area contributed by atoms with Gasteiger partial charge in [-0.2, -0.15) is 13.2 Å². The fraction of sp³-hybridized carbons (Fsp3) is 0.517.